The first-order valence-corrected chi connectivity index (χ1v) is 6.30. The molecule has 0 aliphatic heterocycles. The van der Waals surface area contributed by atoms with Gasteiger partial charge < -0.3 is 10.4 Å². The summed E-state index contributed by atoms with van der Waals surface area (Å²) in [6, 6.07) is 8.87. The van der Waals surface area contributed by atoms with Crippen molar-refractivity contribution < 1.29 is 19.1 Å². The first-order valence-electron chi connectivity index (χ1n) is 6.30. The monoisotopic (exact) mass is 287 g/mol. The highest BCUT2D eigenvalue weighted by Crippen LogP contribution is 2.20. The lowest BCUT2D eigenvalue weighted by Crippen LogP contribution is -2.16. The summed E-state index contributed by atoms with van der Waals surface area (Å²) in [6.45, 7) is 3.79. The van der Waals surface area contributed by atoms with Crippen LogP contribution in [0.2, 0.25) is 0 Å². The summed E-state index contributed by atoms with van der Waals surface area (Å²) in [5.41, 5.74) is 1.77. The van der Waals surface area contributed by atoms with E-state index in [1.165, 1.54) is 12.1 Å². The van der Waals surface area contributed by atoms with E-state index >= 15 is 0 Å². The number of amides is 1. The summed E-state index contributed by atoms with van der Waals surface area (Å²) in [7, 11) is 0. The lowest BCUT2D eigenvalue weighted by Gasteiger charge is -2.10. The van der Waals surface area contributed by atoms with Crippen LogP contribution in [0.4, 0.5) is 10.1 Å². The van der Waals surface area contributed by atoms with Crippen molar-refractivity contribution in [2.75, 3.05) is 5.32 Å². The van der Waals surface area contributed by atoms with Gasteiger partial charge in [0.05, 0.1) is 5.69 Å². The fourth-order valence-electron chi connectivity index (χ4n) is 1.92. The summed E-state index contributed by atoms with van der Waals surface area (Å²) in [4.78, 5) is 23.2. The molecule has 2 rings (SSSR count). The van der Waals surface area contributed by atoms with Crippen LogP contribution in [0.5, 0.6) is 0 Å². The van der Waals surface area contributed by atoms with Gasteiger partial charge >= 0.3 is 5.97 Å². The predicted octanol–water partition coefficient (Wildman–Crippen LogP) is 3.39. The van der Waals surface area contributed by atoms with Gasteiger partial charge in [-0.15, -0.1) is 0 Å². The van der Waals surface area contributed by atoms with Gasteiger partial charge in [-0.25, -0.2) is 9.18 Å². The third kappa shape index (κ3) is 3.08. The SMILES string of the molecule is Cc1ccc(C(=O)Nc2cccc(F)c2C(=O)O)cc1C. The van der Waals surface area contributed by atoms with Crippen LogP contribution >= 0.6 is 0 Å². The molecule has 0 saturated carbocycles. The molecule has 108 valence electrons. The Balaban J connectivity index is 2.34. The Bertz CT molecular complexity index is 725. The number of carboxylic acid groups (broad SMARTS) is 1. The maximum absolute atomic E-state index is 13.5. The van der Waals surface area contributed by atoms with Crippen molar-refractivity contribution in [3.63, 3.8) is 0 Å². The number of halogens is 1. The van der Waals surface area contributed by atoms with Gasteiger partial charge in [-0.2, -0.15) is 0 Å². The van der Waals surface area contributed by atoms with Gasteiger partial charge in [0.25, 0.3) is 5.91 Å². The largest absolute Gasteiger partial charge is 0.478 e. The molecular weight excluding hydrogens is 273 g/mol. The first-order chi connectivity index (χ1) is 9.90. The summed E-state index contributed by atoms with van der Waals surface area (Å²) >= 11 is 0. The molecule has 2 aromatic carbocycles. The molecule has 0 aliphatic carbocycles. The van der Waals surface area contributed by atoms with Crippen LogP contribution in [0.3, 0.4) is 0 Å². The van der Waals surface area contributed by atoms with Crippen molar-refractivity contribution in [2.45, 2.75) is 13.8 Å². The fraction of sp³-hybridized carbons (Fsp3) is 0.125. The first kappa shape index (κ1) is 14.7. The Morgan fingerprint density at radius 1 is 1.10 bits per heavy atom. The number of anilines is 1. The standard InChI is InChI=1S/C16H14FNO3/c1-9-6-7-11(8-10(9)2)15(19)18-13-5-3-4-12(17)14(13)16(20)21/h3-8H,1-2H3,(H,18,19)(H,20,21). The lowest BCUT2D eigenvalue weighted by atomic mass is 10.1. The zero-order valence-corrected chi connectivity index (χ0v) is 11.6. The molecule has 2 aromatic rings. The zero-order chi connectivity index (χ0) is 15.6. The number of aromatic carboxylic acids is 1. The molecule has 0 bridgehead atoms. The van der Waals surface area contributed by atoms with Gasteiger partial charge in [-0.05, 0) is 49.2 Å². The Morgan fingerprint density at radius 3 is 2.43 bits per heavy atom. The maximum Gasteiger partial charge on any atom is 0.340 e. The second kappa shape index (κ2) is 5.75. The predicted molar refractivity (Wildman–Crippen MR) is 77.2 cm³/mol. The second-order valence-electron chi connectivity index (χ2n) is 4.72. The van der Waals surface area contributed by atoms with Gasteiger partial charge in [-0.3, -0.25) is 4.79 Å². The van der Waals surface area contributed by atoms with E-state index < -0.39 is 23.3 Å². The molecule has 21 heavy (non-hydrogen) atoms. The molecule has 0 heterocycles. The van der Waals surface area contributed by atoms with Crippen LogP contribution in [-0.2, 0) is 0 Å². The third-order valence-electron chi connectivity index (χ3n) is 3.24. The molecule has 0 fully saturated rings. The van der Waals surface area contributed by atoms with E-state index in [2.05, 4.69) is 5.32 Å². The molecule has 4 nitrogen and oxygen atoms in total. The average molecular weight is 287 g/mol. The normalized spacial score (nSPS) is 10.2. The zero-order valence-electron chi connectivity index (χ0n) is 11.6. The van der Waals surface area contributed by atoms with Gasteiger partial charge in [-0.1, -0.05) is 12.1 Å². The Morgan fingerprint density at radius 2 is 1.81 bits per heavy atom. The van der Waals surface area contributed by atoms with E-state index in [0.717, 1.165) is 17.2 Å². The minimum absolute atomic E-state index is 0.0641. The minimum Gasteiger partial charge on any atom is -0.478 e. The number of carboxylic acids is 1. The van der Waals surface area contributed by atoms with E-state index in [9.17, 15) is 14.0 Å². The van der Waals surface area contributed by atoms with E-state index in [0.29, 0.717) is 5.56 Å². The van der Waals surface area contributed by atoms with Gasteiger partial charge in [0.2, 0.25) is 0 Å². The summed E-state index contributed by atoms with van der Waals surface area (Å²) in [5, 5.41) is 11.5. The van der Waals surface area contributed by atoms with Crippen molar-refractivity contribution in [3.05, 3.63) is 64.5 Å². The van der Waals surface area contributed by atoms with Crippen LogP contribution in [-0.4, -0.2) is 17.0 Å². The van der Waals surface area contributed by atoms with Crippen molar-refractivity contribution in [1.29, 1.82) is 0 Å². The molecule has 2 N–H and O–H groups in total. The molecule has 0 aliphatic rings. The summed E-state index contributed by atoms with van der Waals surface area (Å²) < 4.78 is 13.5. The van der Waals surface area contributed by atoms with Crippen molar-refractivity contribution in [3.8, 4) is 0 Å². The Kier molecular flexibility index (Phi) is 4.03. The van der Waals surface area contributed by atoms with Gasteiger partial charge in [0.1, 0.15) is 11.4 Å². The lowest BCUT2D eigenvalue weighted by molar-refractivity contribution is 0.0693. The minimum atomic E-state index is -1.43. The van der Waals surface area contributed by atoms with Crippen molar-refractivity contribution in [2.24, 2.45) is 0 Å². The van der Waals surface area contributed by atoms with Gasteiger partial charge in [0.15, 0.2) is 0 Å². The van der Waals surface area contributed by atoms with Crippen LogP contribution in [0.25, 0.3) is 0 Å². The fourth-order valence-corrected chi connectivity index (χ4v) is 1.92. The maximum atomic E-state index is 13.5. The van der Waals surface area contributed by atoms with Crippen molar-refractivity contribution in [1.82, 2.24) is 0 Å². The molecule has 0 unspecified atom stereocenters. The number of aryl methyl sites for hydroxylation is 2. The van der Waals surface area contributed by atoms with Crippen LogP contribution in [0, 0.1) is 19.7 Å². The van der Waals surface area contributed by atoms with E-state index in [1.807, 2.05) is 13.8 Å². The van der Waals surface area contributed by atoms with Crippen molar-refractivity contribution >= 4 is 17.6 Å². The summed E-state index contributed by atoms with van der Waals surface area (Å²) in [5.74, 6) is -2.80. The highest BCUT2D eigenvalue weighted by atomic mass is 19.1. The molecule has 0 atom stereocenters. The van der Waals surface area contributed by atoms with Crippen LogP contribution in [0.15, 0.2) is 36.4 Å². The number of hydrogen-bond acceptors (Lipinski definition) is 2. The molecule has 5 heteroatoms. The number of benzene rings is 2. The van der Waals surface area contributed by atoms with Crippen LogP contribution < -0.4 is 5.32 Å². The average Bonchev–Trinajstić information content (AvgIpc) is 2.41. The van der Waals surface area contributed by atoms with E-state index in [4.69, 9.17) is 5.11 Å². The number of hydrogen-bond donors (Lipinski definition) is 2. The Hall–Kier alpha value is -2.69. The highest BCUT2D eigenvalue weighted by molar-refractivity contribution is 6.07. The van der Waals surface area contributed by atoms with Gasteiger partial charge in [0, 0.05) is 5.56 Å². The quantitative estimate of drug-likeness (QED) is 0.909. The summed E-state index contributed by atoms with van der Waals surface area (Å²) in [6.07, 6.45) is 0. The van der Waals surface area contributed by atoms with E-state index in [-0.39, 0.29) is 5.69 Å². The molecule has 0 saturated heterocycles. The molecule has 1 amide bonds. The number of carbonyl (C=O) groups is 2. The number of nitrogens with one attached hydrogen (secondary N) is 1. The number of rotatable bonds is 3. The van der Waals surface area contributed by atoms with Crippen LogP contribution in [0.1, 0.15) is 31.8 Å². The third-order valence-corrected chi connectivity index (χ3v) is 3.24. The highest BCUT2D eigenvalue weighted by Gasteiger charge is 2.18. The van der Waals surface area contributed by atoms with E-state index in [1.54, 1.807) is 18.2 Å². The molecule has 0 spiro atoms. The second-order valence-corrected chi connectivity index (χ2v) is 4.72. The molecule has 0 radical (unpaired) electrons. The topological polar surface area (TPSA) is 66.4 Å². The molecular formula is C16H14FNO3. The Labute approximate surface area is 121 Å². The number of carbonyl (C=O) groups excluding carboxylic acids is 1. The smallest absolute Gasteiger partial charge is 0.340 e. The molecule has 0 aromatic heterocycles.